The quantitative estimate of drug-likeness (QED) is 0.388. The van der Waals surface area contributed by atoms with Gasteiger partial charge in [0.2, 0.25) is 0 Å². The molecule has 0 bridgehead atoms. The van der Waals surface area contributed by atoms with Crippen LogP contribution in [0.25, 0.3) is 0 Å². The third kappa shape index (κ3) is 3.44. The maximum atomic E-state index is 11.6. The van der Waals surface area contributed by atoms with Crippen molar-refractivity contribution in [2.24, 2.45) is 0 Å². The highest BCUT2D eigenvalue weighted by Crippen LogP contribution is 2.04. The van der Waals surface area contributed by atoms with Crippen LogP contribution in [0, 0.1) is 11.3 Å². The highest BCUT2D eigenvalue weighted by molar-refractivity contribution is 5.95. The number of carbonyl (C=O) groups excluding carboxylic acids is 1. The van der Waals surface area contributed by atoms with Gasteiger partial charge in [-0.25, -0.2) is 0 Å². The van der Waals surface area contributed by atoms with E-state index >= 15 is 0 Å². The lowest BCUT2D eigenvalue weighted by Crippen LogP contribution is -2.31. The first-order valence-corrected chi connectivity index (χ1v) is 4.63. The summed E-state index contributed by atoms with van der Waals surface area (Å²) in [5.74, 6) is -0.107. The van der Waals surface area contributed by atoms with E-state index in [1.54, 1.807) is 11.8 Å². The Balaban J connectivity index is 4.57. The van der Waals surface area contributed by atoms with E-state index in [0.717, 1.165) is 0 Å². The van der Waals surface area contributed by atoms with Crippen LogP contribution >= 0.6 is 0 Å². The Hall–Kier alpha value is -1.56. The topological polar surface area (TPSA) is 44.1 Å². The molecule has 14 heavy (non-hydrogen) atoms. The monoisotopic (exact) mass is 192 g/mol. The smallest absolute Gasteiger partial charge is 0.253 e. The summed E-state index contributed by atoms with van der Waals surface area (Å²) >= 11 is 0. The first-order chi connectivity index (χ1) is 6.56. The van der Waals surface area contributed by atoms with Crippen LogP contribution in [0.15, 0.2) is 23.8 Å². The van der Waals surface area contributed by atoms with Crippen molar-refractivity contribution in [3.05, 3.63) is 23.8 Å². The number of allylic oxidation sites excluding steroid dienone is 1. The van der Waals surface area contributed by atoms with Gasteiger partial charge in [0.25, 0.3) is 5.91 Å². The van der Waals surface area contributed by atoms with Gasteiger partial charge in [-0.1, -0.05) is 6.58 Å². The molecular formula is C11H16N2O. The van der Waals surface area contributed by atoms with Crippen molar-refractivity contribution in [3.8, 4) is 6.07 Å². The van der Waals surface area contributed by atoms with Crippen molar-refractivity contribution in [2.45, 2.75) is 20.8 Å². The highest BCUT2D eigenvalue weighted by atomic mass is 16.2. The van der Waals surface area contributed by atoms with Crippen LogP contribution in [0.3, 0.4) is 0 Å². The molecule has 0 atom stereocenters. The van der Waals surface area contributed by atoms with E-state index in [1.807, 2.05) is 19.9 Å². The number of amides is 1. The van der Waals surface area contributed by atoms with Gasteiger partial charge in [-0.15, -0.1) is 0 Å². The van der Waals surface area contributed by atoms with Crippen LogP contribution < -0.4 is 0 Å². The Morgan fingerprint density at radius 2 is 2.00 bits per heavy atom. The molecule has 0 aromatic heterocycles. The van der Waals surface area contributed by atoms with Gasteiger partial charge in [0.05, 0.1) is 6.07 Å². The number of rotatable bonds is 4. The van der Waals surface area contributed by atoms with Gasteiger partial charge >= 0.3 is 0 Å². The number of nitrogens with zero attached hydrogens (tertiary/aromatic N) is 2. The first-order valence-electron chi connectivity index (χ1n) is 4.63. The summed E-state index contributed by atoms with van der Waals surface area (Å²) in [6.07, 6.45) is 1.51. The molecule has 0 N–H and O–H groups in total. The summed E-state index contributed by atoms with van der Waals surface area (Å²) in [7, 11) is 0. The summed E-state index contributed by atoms with van der Waals surface area (Å²) in [4.78, 5) is 13.3. The summed E-state index contributed by atoms with van der Waals surface area (Å²) in [6.45, 7) is 10.4. The van der Waals surface area contributed by atoms with E-state index in [0.29, 0.717) is 24.2 Å². The second-order valence-electron chi connectivity index (χ2n) is 2.94. The van der Waals surface area contributed by atoms with Crippen LogP contribution in [-0.4, -0.2) is 23.9 Å². The molecule has 3 nitrogen and oxygen atoms in total. The Morgan fingerprint density at radius 1 is 1.50 bits per heavy atom. The van der Waals surface area contributed by atoms with Gasteiger partial charge in [0.15, 0.2) is 0 Å². The lowest BCUT2D eigenvalue weighted by molar-refractivity contribution is -0.126. The summed E-state index contributed by atoms with van der Waals surface area (Å²) in [6, 6.07) is 1.96. The number of hydrogen-bond donors (Lipinski definition) is 0. The number of carbonyl (C=O) groups is 1. The second kappa shape index (κ2) is 5.98. The maximum Gasteiger partial charge on any atom is 0.253 e. The third-order valence-electron chi connectivity index (χ3n) is 1.89. The van der Waals surface area contributed by atoms with Crippen LogP contribution in [0.4, 0.5) is 0 Å². The summed E-state index contributed by atoms with van der Waals surface area (Å²) in [5.41, 5.74) is 0.864. The largest absolute Gasteiger partial charge is 0.339 e. The zero-order valence-corrected chi connectivity index (χ0v) is 9.00. The van der Waals surface area contributed by atoms with Crippen molar-refractivity contribution in [1.82, 2.24) is 4.90 Å². The van der Waals surface area contributed by atoms with Gasteiger partial charge in [-0.2, -0.15) is 5.26 Å². The lowest BCUT2D eigenvalue weighted by atomic mass is 10.2. The molecule has 1 amide bonds. The lowest BCUT2D eigenvalue weighted by Gasteiger charge is -2.18. The predicted molar refractivity (Wildman–Crippen MR) is 56.4 cm³/mol. The molecule has 76 valence electrons. The Bertz CT molecular complexity index is 293. The molecule has 0 aromatic rings. The summed E-state index contributed by atoms with van der Waals surface area (Å²) in [5, 5.41) is 8.53. The van der Waals surface area contributed by atoms with Crippen molar-refractivity contribution >= 4 is 5.91 Å². The van der Waals surface area contributed by atoms with Crippen molar-refractivity contribution < 1.29 is 4.79 Å². The fourth-order valence-corrected chi connectivity index (χ4v) is 1.07. The van der Waals surface area contributed by atoms with Crippen molar-refractivity contribution in [2.75, 3.05) is 13.1 Å². The Labute approximate surface area is 85.3 Å². The zero-order valence-electron chi connectivity index (χ0n) is 9.00. The summed E-state index contributed by atoms with van der Waals surface area (Å²) < 4.78 is 0. The van der Waals surface area contributed by atoms with Gasteiger partial charge in [-0.3, -0.25) is 4.79 Å². The maximum absolute atomic E-state index is 11.6. The minimum atomic E-state index is -0.107. The molecule has 0 aliphatic heterocycles. The van der Waals surface area contributed by atoms with Gasteiger partial charge < -0.3 is 4.90 Å². The van der Waals surface area contributed by atoms with Gasteiger partial charge in [-0.05, 0) is 26.8 Å². The van der Waals surface area contributed by atoms with E-state index in [-0.39, 0.29) is 5.91 Å². The molecule has 0 spiro atoms. The molecule has 0 rings (SSSR count). The van der Waals surface area contributed by atoms with Crippen molar-refractivity contribution in [3.63, 3.8) is 0 Å². The number of hydrogen-bond acceptors (Lipinski definition) is 2. The molecule has 0 aliphatic rings. The zero-order chi connectivity index (χ0) is 11.1. The Kier molecular flexibility index (Phi) is 5.31. The second-order valence-corrected chi connectivity index (χ2v) is 2.94. The Morgan fingerprint density at radius 3 is 2.36 bits per heavy atom. The molecule has 0 saturated carbocycles. The number of likely N-dealkylation sites (N-methyl/N-ethyl adjacent to an activating group) is 1. The average Bonchev–Trinajstić information content (AvgIpc) is 2.19. The first kappa shape index (κ1) is 12.4. The van der Waals surface area contributed by atoms with Crippen LogP contribution in [0.5, 0.6) is 0 Å². The molecule has 0 aromatic carbocycles. The minimum absolute atomic E-state index is 0.107. The highest BCUT2D eigenvalue weighted by Gasteiger charge is 2.11. The van der Waals surface area contributed by atoms with Crippen LogP contribution in [-0.2, 0) is 4.79 Å². The van der Waals surface area contributed by atoms with Gasteiger partial charge in [0, 0.05) is 24.2 Å². The van der Waals surface area contributed by atoms with Crippen molar-refractivity contribution in [1.29, 1.82) is 5.26 Å². The predicted octanol–water partition coefficient (Wildman–Crippen LogP) is 1.88. The van der Waals surface area contributed by atoms with Crippen LogP contribution in [0.2, 0.25) is 0 Å². The molecule has 0 fully saturated rings. The molecular weight excluding hydrogens is 176 g/mol. The minimum Gasteiger partial charge on any atom is -0.339 e. The van der Waals surface area contributed by atoms with Gasteiger partial charge in [0.1, 0.15) is 0 Å². The van der Waals surface area contributed by atoms with E-state index < -0.39 is 0 Å². The SMILES string of the molecule is C=C(/C=C(\C)C#N)C(=O)N(CC)CC. The molecule has 0 heterocycles. The fourth-order valence-electron chi connectivity index (χ4n) is 1.07. The van der Waals surface area contributed by atoms with E-state index in [2.05, 4.69) is 6.58 Å². The molecule has 0 aliphatic carbocycles. The number of nitriles is 1. The molecule has 3 heteroatoms. The normalized spacial score (nSPS) is 10.6. The molecule has 0 radical (unpaired) electrons. The third-order valence-corrected chi connectivity index (χ3v) is 1.89. The molecule has 0 saturated heterocycles. The van der Waals surface area contributed by atoms with Crippen LogP contribution in [0.1, 0.15) is 20.8 Å². The van der Waals surface area contributed by atoms with E-state index in [9.17, 15) is 4.79 Å². The van der Waals surface area contributed by atoms with E-state index in [4.69, 9.17) is 5.26 Å². The fraction of sp³-hybridized carbons (Fsp3) is 0.455. The van der Waals surface area contributed by atoms with E-state index in [1.165, 1.54) is 6.08 Å². The standard InChI is InChI=1S/C11H16N2O/c1-5-13(6-2)11(14)10(4)7-9(3)8-12/h7H,4-6H2,1-3H3/b9-7+. The molecule has 0 unspecified atom stereocenters. The average molecular weight is 192 g/mol.